The molecule has 1 fully saturated rings. The maximum absolute atomic E-state index is 13.4. The molecule has 0 spiro atoms. The predicted octanol–water partition coefficient (Wildman–Crippen LogP) is 3.96. The molecule has 4 N–H and O–H groups in total. The molecule has 3 aromatic heterocycles. The van der Waals surface area contributed by atoms with Gasteiger partial charge in [-0.2, -0.15) is 0 Å². The second-order valence-corrected chi connectivity index (χ2v) is 14.4. The number of aromatic nitrogens is 4. The fourth-order valence-corrected chi connectivity index (χ4v) is 7.51. The Balaban J connectivity index is 1.71. The van der Waals surface area contributed by atoms with Gasteiger partial charge in [-0.3, -0.25) is 4.40 Å². The standard InChI is InChI=1S/C23H25F2N7O3S3/c1-13-9-14(37(27,33)8-7-26)3-4-16(13)17-10-15(38(34,35)31-23(2)5-6-23)12-32-18(17)11-28-20(32)22-30-29-21(36-22)19(24)25/h3-4,9-12,19,27,31H,5-8,26H2,1-2H3. The van der Waals surface area contributed by atoms with E-state index in [4.69, 9.17) is 10.5 Å². The summed E-state index contributed by atoms with van der Waals surface area (Å²) in [6, 6.07) is 6.42. The molecule has 1 aromatic carbocycles. The zero-order valence-electron chi connectivity index (χ0n) is 20.4. The molecule has 202 valence electrons. The Labute approximate surface area is 222 Å². The van der Waals surface area contributed by atoms with Crippen molar-refractivity contribution in [3.63, 3.8) is 0 Å². The molecule has 5 rings (SSSR count). The molecule has 4 aromatic rings. The van der Waals surface area contributed by atoms with Gasteiger partial charge in [0.05, 0.1) is 26.3 Å². The molecule has 1 aliphatic rings. The number of alkyl halides is 2. The van der Waals surface area contributed by atoms with Crippen molar-refractivity contribution in [2.45, 2.75) is 48.4 Å². The van der Waals surface area contributed by atoms with Crippen molar-refractivity contribution < 1.29 is 21.4 Å². The molecule has 15 heteroatoms. The van der Waals surface area contributed by atoms with Crippen LogP contribution in [0.4, 0.5) is 8.78 Å². The highest BCUT2D eigenvalue weighted by atomic mass is 32.2. The summed E-state index contributed by atoms with van der Waals surface area (Å²) >= 11 is 0.677. The second-order valence-electron chi connectivity index (χ2n) is 9.48. The summed E-state index contributed by atoms with van der Waals surface area (Å²) in [5.74, 6) is 0.189. The second kappa shape index (κ2) is 9.41. The van der Waals surface area contributed by atoms with Gasteiger partial charge in [0.1, 0.15) is 0 Å². The lowest BCUT2D eigenvalue weighted by Gasteiger charge is -2.16. The third-order valence-electron chi connectivity index (χ3n) is 6.40. The van der Waals surface area contributed by atoms with Crippen molar-refractivity contribution in [3.8, 4) is 22.0 Å². The molecule has 1 unspecified atom stereocenters. The van der Waals surface area contributed by atoms with Crippen molar-refractivity contribution >= 4 is 36.6 Å². The van der Waals surface area contributed by atoms with Crippen LogP contribution in [-0.2, 0) is 19.8 Å². The van der Waals surface area contributed by atoms with Gasteiger partial charge >= 0.3 is 0 Å². The van der Waals surface area contributed by atoms with Gasteiger partial charge in [-0.15, -0.1) is 10.2 Å². The van der Waals surface area contributed by atoms with E-state index in [1.165, 1.54) is 22.9 Å². The largest absolute Gasteiger partial charge is 0.330 e. The fourth-order valence-electron chi connectivity index (χ4n) is 4.11. The molecule has 1 aliphatic carbocycles. The highest BCUT2D eigenvalue weighted by Crippen LogP contribution is 2.38. The van der Waals surface area contributed by atoms with Gasteiger partial charge < -0.3 is 5.73 Å². The Morgan fingerprint density at radius 2 is 1.92 bits per heavy atom. The van der Waals surface area contributed by atoms with Crippen molar-refractivity contribution in [3.05, 3.63) is 47.2 Å². The third kappa shape index (κ3) is 4.96. The highest BCUT2D eigenvalue weighted by molar-refractivity contribution is 7.92. The zero-order valence-corrected chi connectivity index (χ0v) is 22.9. The predicted molar refractivity (Wildman–Crippen MR) is 140 cm³/mol. The average molecular weight is 582 g/mol. The minimum Gasteiger partial charge on any atom is -0.330 e. The molecule has 3 heterocycles. The number of nitrogens with two attached hydrogens (primary N) is 1. The molecule has 10 nitrogen and oxygen atoms in total. The van der Waals surface area contributed by atoms with Crippen molar-refractivity contribution in [2.24, 2.45) is 5.73 Å². The van der Waals surface area contributed by atoms with Crippen LogP contribution >= 0.6 is 11.3 Å². The van der Waals surface area contributed by atoms with Gasteiger partial charge in [-0.05, 0) is 56.0 Å². The van der Waals surface area contributed by atoms with Gasteiger partial charge in [0.25, 0.3) is 6.43 Å². The van der Waals surface area contributed by atoms with Crippen LogP contribution in [0.2, 0.25) is 0 Å². The average Bonchev–Trinajstić information content (AvgIpc) is 3.23. The number of pyridine rings is 1. The lowest BCUT2D eigenvalue weighted by atomic mass is 10.0. The Hall–Kier alpha value is -2.85. The molecule has 0 aliphatic heterocycles. The molecule has 0 saturated heterocycles. The van der Waals surface area contributed by atoms with E-state index in [2.05, 4.69) is 19.9 Å². The fraction of sp³-hybridized carbons (Fsp3) is 0.348. The summed E-state index contributed by atoms with van der Waals surface area (Å²) in [5, 5.41) is 7.02. The van der Waals surface area contributed by atoms with E-state index in [9.17, 15) is 21.4 Å². The molecule has 0 radical (unpaired) electrons. The van der Waals surface area contributed by atoms with E-state index in [1.54, 1.807) is 25.1 Å². The maximum Gasteiger partial charge on any atom is 0.291 e. The Morgan fingerprint density at radius 1 is 1.18 bits per heavy atom. The zero-order chi connectivity index (χ0) is 27.5. The van der Waals surface area contributed by atoms with E-state index in [0.29, 0.717) is 51.3 Å². The SMILES string of the molecule is Cc1cc(S(=N)(=O)CCN)ccc1-c1cc(S(=O)(=O)NC2(C)CC2)cn2c(-c3nnc(C(F)F)s3)ncc12. The monoisotopic (exact) mass is 581 g/mol. The molecule has 1 saturated carbocycles. The summed E-state index contributed by atoms with van der Waals surface area (Å²) in [6.07, 6.45) is 1.54. The molecule has 0 amide bonds. The molecular formula is C23H25F2N7O3S3. The number of halogens is 2. The normalized spacial score (nSPS) is 16.7. The summed E-state index contributed by atoms with van der Waals surface area (Å²) in [7, 11) is -7.03. The molecular weight excluding hydrogens is 556 g/mol. The minimum atomic E-state index is -3.96. The van der Waals surface area contributed by atoms with E-state index < -0.39 is 36.7 Å². The number of sulfonamides is 1. The van der Waals surface area contributed by atoms with Crippen LogP contribution in [-0.4, -0.2) is 50.0 Å². The van der Waals surface area contributed by atoms with Crippen molar-refractivity contribution in [2.75, 3.05) is 12.3 Å². The Morgan fingerprint density at radius 3 is 2.53 bits per heavy atom. The molecule has 1 atom stereocenters. The Kier molecular flexibility index (Phi) is 6.62. The first kappa shape index (κ1) is 26.7. The lowest BCUT2D eigenvalue weighted by molar-refractivity contribution is 0.150. The smallest absolute Gasteiger partial charge is 0.291 e. The van der Waals surface area contributed by atoms with Crippen LogP contribution in [0.3, 0.4) is 0 Å². The number of nitrogens with one attached hydrogen (secondary N) is 2. The summed E-state index contributed by atoms with van der Waals surface area (Å²) in [4.78, 5) is 4.65. The number of aryl methyl sites for hydroxylation is 1. The first-order valence-electron chi connectivity index (χ1n) is 11.6. The van der Waals surface area contributed by atoms with Crippen LogP contribution in [0.25, 0.3) is 27.5 Å². The van der Waals surface area contributed by atoms with Gasteiger partial charge in [0.15, 0.2) is 15.8 Å². The number of nitrogens with zero attached hydrogens (tertiary/aromatic N) is 4. The van der Waals surface area contributed by atoms with E-state index in [-0.39, 0.29) is 28.0 Å². The molecule has 38 heavy (non-hydrogen) atoms. The van der Waals surface area contributed by atoms with Gasteiger partial charge in [0.2, 0.25) is 10.0 Å². The number of fused-ring (bicyclic) bond motifs is 1. The van der Waals surface area contributed by atoms with E-state index in [1.807, 2.05) is 6.92 Å². The van der Waals surface area contributed by atoms with Crippen LogP contribution < -0.4 is 10.5 Å². The molecule has 0 bridgehead atoms. The van der Waals surface area contributed by atoms with Gasteiger partial charge in [0, 0.05) is 34.5 Å². The third-order valence-corrected chi connectivity index (χ3v) is 10.8. The van der Waals surface area contributed by atoms with Gasteiger partial charge in [-0.25, -0.2) is 35.9 Å². The van der Waals surface area contributed by atoms with Gasteiger partial charge in [-0.1, -0.05) is 17.4 Å². The lowest BCUT2D eigenvalue weighted by Crippen LogP contribution is -2.34. The van der Waals surface area contributed by atoms with E-state index in [0.717, 1.165) is 0 Å². The highest BCUT2D eigenvalue weighted by Gasteiger charge is 2.41. The minimum absolute atomic E-state index is 0.0165. The summed E-state index contributed by atoms with van der Waals surface area (Å²) < 4.78 is 78.3. The number of hydrogen-bond acceptors (Lipinski definition) is 9. The number of hydrogen-bond donors (Lipinski definition) is 3. The first-order valence-corrected chi connectivity index (χ1v) is 15.6. The Bertz CT molecular complexity index is 1760. The summed E-state index contributed by atoms with van der Waals surface area (Å²) in [6.45, 7) is 3.70. The maximum atomic E-state index is 13.4. The topological polar surface area (TPSA) is 156 Å². The number of benzene rings is 1. The van der Waals surface area contributed by atoms with E-state index >= 15 is 0 Å². The van der Waals surface area contributed by atoms with Crippen LogP contribution in [0, 0.1) is 11.7 Å². The van der Waals surface area contributed by atoms with Crippen LogP contribution in [0.1, 0.15) is 36.8 Å². The number of rotatable bonds is 9. The quantitative estimate of drug-likeness (QED) is 0.270. The number of imidazole rings is 1. The van der Waals surface area contributed by atoms with Crippen LogP contribution in [0.15, 0.2) is 46.5 Å². The first-order chi connectivity index (χ1) is 17.8. The summed E-state index contributed by atoms with van der Waals surface area (Å²) in [5.41, 5.74) is 7.31. The van der Waals surface area contributed by atoms with Crippen LogP contribution in [0.5, 0.6) is 0 Å². The van der Waals surface area contributed by atoms with Crippen molar-refractivity contribution in [1.29, 1.82) is 4.78 Å². The van der Waals surface area contributed by atoms with Crippen molar-refractivity contribution in [1.82, 2.24) is 24.3 Å².